The maximum atomic E-state index is 12.7. The highest BCUT2D eigenvalue weighted by molar-refractivity contribution is 6.74. The maximum absolute atomic E-state index is 12.7. The molecule has 0 bridgehead atoms. The lowest BCUT2D eigenvalue weighted by Gasteiger charge is -2.42. The first-order valence-electron chi connectivity index (χ1n) is 10.6. The summed E-state index contributed by atoms with van der Waals surface area (Å²) in [5, 5.41) is 22.4. The van der Waals surface area contributed by atoms with E-state index in [1.54, 1.807) is 24.3 Å². The Morgan fingerprint density at radius 2 is 1.83 bits per heavy atom. The lowest BCUT2D eigenvalue weighted by molar-refractivity contribution is 0.0792. The fourth-order valence-electron chi connectivity index (χ4n) is 3.51. The van der Waals surface area contributed by atoms with Gasteiger partial charge in [0.25, 0.3) is 14.2 Å². The number of aliphatic hydroxyl groups excluding tert-OH is 1. The van der Waals surface area contributed by atoms with E-state index in [0.29, 0.717) is 30.9 Å². The normalized spacial score (nSPS) is 20.6. The minimum Gasteiger partial charge on any atom is -0.543 e. The Hall–Kier alpha value is -2.06. The molecule has 1 aliphatic heterocycles. The molecular formula is C22H36N2O5Si. The fraction of sp³-hybridized carbons (Fsp3) is 0.636. The largest absolute Gasteiger partial charge is 0.543 e. The molecule has 1 saturated heterocycles. The molecule has 2 rings (SSSR count). The first-order chi connectivity index (χ1) is 13.8. The highest BCUT2D eigenvalue weighted by Crippen LogP contribution is 2.44. The number of nitrogens with one attached hydrogen (secondary N) is 1. The number of nitrogens with zero attached hydrogens (tertiary/aromatic N) is 1. The van der Waals surface area contributed by atoms with Crippen LogP contribution in [0.5, 0.6) is 5.75 Å². The lowest BCUT2D eigenvalue weighted by atomic mass is 9.99. The van der Waals surface area contributed by atoms with Gasteiger partial charge in [-0.15, -0.1) is 0 Å². The van der Waals surface area contributed by atoms with Gasteiger partial charge in [-0.25, -0.2) is 4.79 Å². The molecule has 0 aliphatic carbocycles. The van der Waals surface area contributed by atoms with E-state index in [9.17, 15) is 19.8 Å². The van der Waals surface area contributed by atoms with E-state index in [4.69, 9.17) is 4.43 Å². The van der Waals surface area contributed by atoms with E-state index in [-0.39, 0.29) is 17.5 Å². The highest BCUT2D eigenvalue weighted by Gasteiger charge is 2.44. The van der Waals surface area contributed by atoms with Crippen molar-refractivity contribution >= 4 is 20.3 Å². The zero-order valence-corrected chi connectivity index (χ0v) is 19.9. The van der Waals surface area contributed by atoms with Crippen molar-refractivity contribution in [2.45, 2.75) is 70.8 Å². The Labute approximate surface area is 180 Å². The number of aliphatic hydroxyl groups is 1. The van der Waals surface area contributed by atoms with Crippen LogP contribution in [0.2, 0.25) is 18.1 Å². The van der Waals surface area contributed by atoms with Crippen LogP contribution in [0.15, 0.2) is 24.3 Å². The number of hydrogen-bond acceptors (Lipinski definition) is 4. The number of hydrogen-bond donors (Lipinski definition) is 3. The summed E-state index contributed by atoms with van der Waals surface area (Å²) in [6.07, 6.45) is -0.794. The summed E-state index contributed by atoms with van der Waals surface area (Å²) in [5.41, 5.74) is 0.447. The number of benzene rings is 1. The van der Waals surface area contributed by atoms with Crippen LogP contribution in [0.25, 0.3) is 0 Å². The SMILES string of the molecule is CC(C)C(C)(C)[Si](C)(C)Oc1ccc(C(=O)N[C@@H]2CN(C(=O)O)CCC[C@H]2O)cc1. The molecule has 1 aromatic carbocycles. The van der Waals surface area contributed by atoms with E-state index >= 15 is 0 Å². The summed E-state index contributed by atoms with van der Waals surface area (Å²) in [6, 6.07) is 6.37. The minimum absolute atomic E-state index is 0.0769. The molecule has 30 heavy (non-hydrogen) atoms. The lowest BCUT2D eigenvalue weighted by Crippen LogP contribution is -2.49. The van der Waals surface area contributed by atoms with E-state index in [0.717, 1.165) is 5.75 Å². The van der Waals surface area contributed by atoms with Gasteiger partial charge >= 0.3 is 6.09 Å². The Kier molecular flexibility index (Phi) is 7.57. The second kappa shape index (κ2) is 9.39. The molecule has 2 atom stereocenters. The van der Waals surface area contributed by atoms with Gasteiger partial charge < -0.3 is 24.9 Å². The molecule has 1 fully saturated rings. The van der Waals surface area contributed by atoms with Crippen molar-refractivity contribution in [3.63, 3.8) is 0 Å². The molecule has 0 radical (unpaired) electrons. The zero-order chi connectivity index (χ0) is 22.7. The molecule has 3 N–H and O–H groups in total. The van der Waals surface area contributed by atoms with E-state index < -0.39 is 26.6 Å². The number of carbonyl (C=O) groups is 2. The topological polar surface area (TPSA) is 99.1 Å². The molecule has 2 amide bonds. The van der Waals surface area contributed by atoms with Gasteiger partial charge in [-0.2, -0.15) is 0 Å². The van der Waals surface area contributed by atoms with Gasteiger partial charge in [0.1, 0.15) is 5.75 Å². The van der Waals surface area contributed by atoms with Crippen LogP contribution in [-0.2, 0) is 0 Å². The summed E-state index contributed by atoms with van der Waals surface area (Å²) in [5.74, 6) is 0.890. The van der Waals surface area contributed by atoms with Crippen molar-refractivity contribution in [1.29, 1.82) is 0 Å². The number of amides is 2. The van der Waals surface area contributed by atoms with Crippen molar-refractivity contribution in [2.24, 2.45) is 5.92 Å². The van der Waals surface area contributed by atoms with Gasteiger partial charge in [-0.3, -0.25) is 4.79 Å². The van der Waals surface area contributed by atoms with Gasteiger partial charge in [0.05, 0.1) is 12.1 Å². The maximum Gasteiger partial charge on any atom is 0.407 e. The van der Waals surface area contributed by atoms with Gasteiger partial charge in [-0.05, 0) is 61.2 Å². The number of rotatable bonds is 6. The monoisotopic (exact) mass is 436 g/mol. The van der Waals surface area contributed by atoms with Gasteiger partial charge in [-0.1, -0.05) is 27.7 Å². The van der Waals surface area contributed by atoms with Crippen LogP contribution >= 0.6 is 0 Å². The third kappa shape index (κ3) is 5.54. The molecule has 1 aromatic rings. The van der Waals surface area contributed by atoms with Crippen molar-refractivity contribution in [2.75, 3.05) is 13.1 Å². The van der Waals surface area contributed by atoms with Gasteiger partial charge in [0.15, 0.2) is 0 Å². The summed E-state index contributed by atoms with van der Waals surface area (Å²) < 4.78 is 6.38. The number of carboxylic acid groups (broad SMARTS) is 1. The van der Waals surface area contributed by atoms with Gasteiger partial charge in [0, 0.05) is 18.7 Å². The Balaban J connectivity index is 2.07. The molecule has 0 saturated carbocycles. The Morgan fingerprint density at radius 1 is 1.23 bits per heavy atom. The minimum atomic E-state index is -2.04. The highest BCUT2D eigenvalue weighted by atomic mass is 28.4. The number of carbonyl (C=O) groups excluding carboxylic acids is 1. The van der Waals surface area contributed by atoms with Gasteiger partial charge in [0.2, 0.25) is 0 Å². The van der Waals surface area contributed by atoms with E-state index in [1.165, 1.54) is 4.90 Å². The predicted molar refractivity (Wildman–Crippen MR) is 120 cm³/mol. The predicted octanol–water partition coefficient (Wildman–Crippen LogP) is 3.94. The molecule has 1 aliphatic rings. The van der Waals surface area contributed by atoms with E-state index in [1.807, 2.05) is 0 Å². The third-order valence-corrected chi connectivity index (χ3v) is 11.3. The van der Waals surface area contributed by atoms with Crippen LogP contribution in [0, 0.1) is 5.92 Å². The third-order valence-electron chi connectivity index (χ3n) is 6.88. The van der Waals surface area contributed by atoms with Crippen LogP contribution in [0.1, 0.15) is 50.9 Å². The van der Waals surface area contributed by atoms with Crippen LogP contribution < -0.4 is 9.74 Å². The molecule has 168 valence electrons. The summed E-state index contributed by atoms with van der Waals surface area (Å²) in [7, 11) is -2.04. The standard InChI is InChI=1S/C22H36N2O5Si/c1-15(2)22(3,4)30(5,6)29-17-11-9-16(10-12-17)20(26)23-18-14-24(21(27)28)13-7-8-19(18)25/h9-12,15,18-19,25H,7-8,13-14H2,1-6H3,(H,23,26)(H,27,28)/t18-,19-/m1/s1. The second-order valence-corrected chi connectivity index (χ2v) is 14.0. The van der Waals surface area contributed by atoms with Crippen LogP contribution in [-0.4, -0.2) is 60.7 Å². The molecule has 0 aromatic heterocycles. The van der Waals surface area contributed by atoms with E-state index in [2.05, 4.69) is 46.1 Å². The summed E-state index contributed by atoms with van der Waals surface area (Å²) in [4.78, 5) is 25.2. The molecule has 7 nitrogen and oxygen atoms in total. The smallest absolute Gasteiger partial charge is 0.407 e. The number of likely N-dealkylation sites (tertiary alicyclic amines) is 1. The van der Waals surface area contributed by atoms with Crippen molar-refractivity contribution in [1.82, 2.24) is 10.2 Å². The summed E-state index contributed by atoms with van der Waals surface area (Å²) >= 11 is 0. The fourth-order valence-corrected chi connectivity index (χ4v) is 5.88. The average Bonchev–Trinajstić information content (AvgIpc) is 2.83. The van der Waals surface area contributed by atoms with Crippen LogP contribution in [0.4, 0.5) is 4.79 Å². The zero-order valence-electron chi connectivity index (χ0n) is 18.9. The van der Waals surface area contributed by atoms with Crippen molar-refractivity contribution < 1.29 is 24.2 Å². The second-order valence-electron chi connectivity index (χ2n) is 9.53. The van der Waals surface area contributed by atoms with Crippen LogP contribution in [0.3, 0.4) is 0 Å². The quantitative estimate of drug-likeness (QED) is 0.587. The molecule has 8 heteroatoms. The first kappa shape index (κ1) is 24.2. The molecule has 0 unspecified atom stereocenters. The van der Waals surface area contributed by atoms with Crippen molar-refractivity contribution in [3.05, 3.63) is 29.8 Å². The molecular weight excluding hydrogens is 400 g/mol. The average molecular weight is 437 g/mol. The molecule has 1 heterocycles. The Bertz CT molecular complexity index is 748. The van der Waals surface area contributed by atoms with Crippen molar-refractivity contribution in [3.8, 4) is 5.75 Å². The molecule has 0 spiro atoms. The first-order valence-corrected chi connectivity index (χ1v) is 13.5. The Morgan fingerprint density at radius 3 is 2.37 bits per heavy atom. The summed E-state index contributed by atoms with van der Waals surface area (Å²) in [6.45, 7) is 13.7.